The van der Waals surface area contributed by atoms with E-state index in [0.29, 0.717) is 12.0 Å². The molecule has 2 fully saturated rings. The topological polar surface area (TPSA) is 32.3 Å². The van der Waals surface area contributed by atoms with Gasteiger partial charge in [0.1, 0.15) is 0 Å². The fourth-order valence-electron chi connectivity index (χ4n) is 3.67. The molecule has 0 aromatic heterocycles. The Morgan fingerprint density at radius 1 is 1.28 bits per heavy atom. The fraction of sp³-hybridized carbons (Fsp3) is 0.600. The zero-order valence-corrected chi connectivity index (χ0v) is 12.1. The van der Waals surface area contributed by atoms with Crippen LogP contribution in [0.25, 0.3) is 0 Å². The van der Waals surface area contributed by atoms with E-state index in [1.807, 2.05) is 0 Å². The lowest BCUT2D eigenvalue weighted by molar-refractivity contribution is -0.0861. The Balaban J connectivity index is 1.91. The number of nitrogens with one attached hydrogen (secondary N) is 1. The Kier molecular flexibility index (Phi) is 3.48. The number of piperidine rings is 1. The first kappa shape index (κ1) is 12.6. The summed E-state index contributed by atoms with van der Waals surface area (Å²) in [7, 11) is 0. The minimum Gasteiger partial charge on any atom is -0.389 e. The number of benzene rings is 1. The molecule has 1 saturated heterocycles. The number of halogens is 1. The summed E-state index contributed by atoms with van der Waals surface area (Å²) in [6, 6.07) is 8.79. The average Bonchev–Trinajstić information content (AvgIpc) is 2.37. The van der Waals surface area contributed by atoms with E-state index < -0.39 is 5.60 Å². The number of hydrogen-bond acceptors (Lipinski definition) is 2. The van der Waals surface area contributed by atoms with Gasteiger partial charge in [-0.25, -0.2) is 0 Å². The van der Waals surface area contributed by atoms with Crippen LogP contribution in [0.5, 0.6) is 0 Å². The van der Waals surface area contributed by atoms with Gasteiger partial charge < -0.3 is 10.4 Å². The number of hydrogen-bond donors (Lipinski definition) is 2. The van der Waals surface area contributed by atoms with Crippen LogP contribution in [-0.2, 0) is 0 Å². The lowest BCUT2D eigenvalue weighted by Gasteiger charge is -2.48. The lowest BCUT2D eigenvalue weighted by atomic mass is 9.67. The molecule has 3 heteroatoms. The highest BCUT2D eigenvalue weighted by Gasteiger charge is 2.45. The number of fused-ring (bicyclic) bond motifs is 1. The standard InChI is InChI=1S/C15H20BrNO/c16-12-5-3-4-11(10-12)14-13-6-1-2-7-15(13,18)8-9-17-14/h3-5,10,13-14,17-18H,1-2,6-9H2/t13-,14+,15+/m1/s1. The predicted molar refractivity (Wildman–Crippen MR) is 76.4 cm³/mol. The third kappa shape index (κ3) is 2.24. The molecule has 2 aliphatic rings. The molecule has 2 N–H and O–H groups in total. The summed E-state index contributed by atoms with van der Waals surface area (Å²) in [6.07, 6.45) is 5.45. The molecule has 3 rings (SSSR count). The third-order valence-corrected chi connectivity index (χ3v) is 5.09. The van der Waals surface area contributed by atoms with Crippen LogP contribution < -0.4 is 5.32 Å². The van der Waals surface area contributed by atoms with Crippen LogP contribution in [0.4, 0.5) is 0 Å². The van der Waals surface area contributed by atoms with E-state index >= 15 is 0 Å². The van der Waals surface area contributed by atoms with Gasteiger partial charge in [0.25, 0.3) is 0 Å². The molecule has 3 atom stereocenters. The van der Waals surface area contributed by atoms with Gasteiger partial charge in [-0.3, -0.25) is 0 Å². The highest BCUT2D eigenvalue weighted by molar-refractivity contribution is 9.10. The van der Waals surface area contributed by atoms with Gasteiger partial charge in [0.05, 0.1) is 5.60 Å². The van der Waals surface area contributed by atoms with Gasteiger partial charge in [0, 0.05) is 16.4 Å². The smallest absolute Gasteiger partial charge is 0.0706 e. The molecule has 0 unspecified atom stereocenters. The van der Waals surface area contributed by atoms with E-state index in [4.69, 9.17) is 0 Å². The zero-order chi connectivity index (χ0) is 12.6. The molecule has 1 aliphatic heterocycles. The summed E-state index contributed by atoms with van der Waals surface area (Å²) in [5.41, 5.74) is 0.866. The number of rotatable bonds is 1. The van der Waals surface area contributed by atoms with E-state index in [1.54, 1.807) is 0 Å². The Morgan fingerprint density at radius 3 is 3.00 bits per heavy atom. The van der Waals surface area contributed by atoms with Crippen molar-refractivity contribution in [2.45, 2.75) is 43.7 Å². The summed E-state index contributed by atoms with van der Waals surface area (Å²) >= 11 is 3.54. The zero-order valence-electron chi connectivity index (χ0n) is 10.5. The Bertz CT molecular complexity index is 432. The summed E-state index contributed by atoms with van der Waals surface area (Å²) in [5.74, 6) is 0.370. The van der Waals surface area contributed by atoms with E-state index in [-0.39, 0.29) is 0 Å². The van der Waals surface area contributed by atoms with E-state index in [9.17, 15) is 5.11 Å². The molecule has 98 valence electrons. The van der Waals surface area contributed by atoms with Crippen LogP contribution in [0.2, 0.25) is 0 Å². The van der Waals surface area contributed by atoms with Gasteiger partial charge in [-0.15, -0.1) is 0 Å². The fourth-order valence-corrected chi connectivity index (χ4v) is 4.09. The van der Waals surface area contributed by atoms with Gasteiger partial charge in [0.2, 0.25) is 0 Å². The maximum atomic E-state index is 10.8. The van der Waals surface area contributed by atoms with Gasteiger partial charge in [0.15, 0.2) is 0 Å². The first-order valence-electron chi connectivity index (χ1n) is 6.90. The Morgan fingerprint density at radius 2 is 2.17 bits per heavy atom. The summed E-state index contributed by atoms with van der Waals surface area (Å²) < 4.78 is 1.12. The molecule has 1 aromatic rings. The van der Waals surface area contributed by atoms with Crippen molar-refractivity contribution in [1.29, 1.82) is 0 Å². The summed E-state index contributed by atoms with van der Waals surface area (Å²) in [6.45, 7) is 0.921. The van der Waals surface area contributed by atoms with Crippen LogP contribution in [0.1, 0.15) is 43.7 Å². The quantitative estimate of drug-likeness (QED) is 0.833. The van der Waals surface area contributed by atoms with E-state index in [1.165, 1.54) is 18.4 Å². The van der Waals surface area contributed by atoms with Gasteiger partial charge >= 0.3 is 0 Å². The largest absolute Gasteiger partial charge is 0.389 e. The average molecular weight is 310 g/mol. The molecule has 0 radical (unpaired) electrons. The van der Waals surface area contributed by atoms with Crippen molar-refractivity contribution < 1.29 is 5.11 Å². The molecule has 1 heterocycles. The van der Waals surface area contributed by atoms with E-state index in [2.05, 4.69) is 45.5 Å². The second-order valence-corrected chi connectivity index (χ2v) is 6.61. The third-order valence-electron chi connectivity index (χ3n) is 4.60. The van der Waals surface area contributed by atoms with Crippen LogP contribution in [-0.4, -0.2) is 17.3 Å². The van der Waals surface area contributed by atoms with Gasteiger partial charge in [-0.05, 0) is 43.5 Å². The molecule has 18 heavy (non-hydrogen) atoms. The van der Waals surface area contributed by atoms with Crippen LogP contribution in [0.15, 0.2) is 28.7 Å². The SMILES string of the molecule is O[C@]12CCCC[C@@H]1[C@H](c1cccc(Br)c1)NCC2. The maximum absolute atomic E-state index is 10.8. The molecule has 1 aromatic carbocycles. The van der Waals surface area contributed by atoms with Crippen molar-refractivity contribution in [3.8, 4) is 0 Å². The van der Waals surface area contributed by atoms with Crippen molar-refractivity contribution in [3.05, 3.63) is 34.3 Å². The summed E-state index contributed by atoms with van der Waals surface area (Å²) in [4.78, 5) is 0. The van der Waals surface area contributed by atoms with Crippen LogP contribution in [0.3, 0.4) is 0 Å². The number of aliphatic hydroxyl groups is 1. The first-order chi connectivity index (χ1) is 8.69. The molecule has 2 nitrogen and oxygen atoms in total. The highest BCUT2D eigenvalue weighted by atomic mass is 79.9. The van der Waals surface area contributed by atoms with Crippen LogP contribution >= 0.6 is 15.9 Å². The molecule has 1 saturated carbocycles. The molecule has 0 bridgehead atoms. The van der Waals surface area contributed by atoms with E-state index in [0.717, 1.165) is 30.3 Å². The molecule has 0 spiro atoms. The Hall–Kier alpha value is -0.380. The highest BCUT2D eigenvalue weighted by Crippen LogP contribution is 2.45. The second kappa shape index (κ2) is 4.95. The second-order valence-electron chi connectivity index (χ2n) is 5.69. The minimum absolute atomic E-state index is 0.307. The summed E-state index contributed by atoms with van der Waals surface area (Å²) in [5, 5.41) is 14.4. The first-order valence-corrected chi connectivity index (χ1v) is 7.70. The maximum Gasteiger partial charge on any atom is 0.0706 e. The minimum atomic E-state index is -0.434. The molecule has 1 aliphatic carbocycles. The van der Waals surface area contributed by atoms with Crippen molar-refractivity contribution >= 4 is 15.9 Å². The predicted octanol–water partition coefficient (Wildman–Crippen LogP) is 3.40. The van der Waals surface area contributed by atoms with Gasteiger partial charge in [-0.2, -0.15) is 0 Å². The van der Waals surface area contributed by atoms with Crippen molar-refractivity contribution in [1.82, 2.24) is 5.32 Å². The van der Waals surface area contributed by atoms with Crippen molar-refractivity contribution in [2.75, 3.05) is 6.54 Å². The molecule has 0 amide bonds. The molecular weight excluding hydrogens is 290 g/mol. The van der Waals surface area contributed by atoms with Crippen molar-refractivity contribution in [2.24, 2.45) is 5.92 Å². The van der Waals surface area contributed by atoms with Crippen LogP contribution in [0, 0.1) is 5.92 Å². The van der Waals surface area contributed by atoms with Crippen molar-refractivity contribution in [3.63, 3.8) is 0 Å². The molecular formula is C15H20BrNO. The Labute approximate surface area is 117 Å². The monoisotopic (exact) mass is 309 g/mol. The van der Waals surface area contributed by atoms with Gasteiger partial charge in [-0.1, -0.05) is 40.9 Å². The normalized spacial score (nSPS) is 36.1. The lowest BCUT2D eigenvalue weighted by Crippen LogP contribution is -2.53.